The monoisotopic (exact) mass is 447 g/mol. The van der Waals surface area contributed by atoms with E-state index in [1.165, 1.54) is 6.07 Å². The van der Waals surface area contributed by atoms with Crippen molar-refractivity contribution in [2.75, 3.05) is 56.7 Å². The number of rotatable bonds is 5. The molecule has 8 nitrogen and oxygen atoms in total. The van der Waals surface area contributed by atoms with Crippen LogP contribution in [0.3, 0.4) is 0 Å². The number of alkyl halides is 3. The highest BCUT2D eigenvalue weighted by molar-refractivity contribution is 5.91. The Balaban J connectivity index is 1.32. The number of aromatic nitrogens is 2. The molecule has 0 bridgehead atoms. The molecular weight excluding hydrogens is 423 g/mol. The van der Waals surface area contributed by atoms with Gasteiger partial charge in [-0.25, -0.2) is 4.98 Å². The average Bonchev–Trinajstić information content (AvgIpc) is 3.23. The maximum absolute atomic E-state index is 12.9. The van der Waals surface area contributed by atoms with E-state index in [-0.39, 0.29) is 12.5 Å². The Morgan fingerprint density at radius 2 is 1.94 bits per heavy atom. The lowest BCUT2D eigenvalue weighted by molar-refractivity contribution is -0.141. The Bertz CT molecular complexity index is 986. The SMILES string of the molecule is CN1CCN(c2ccc(NC(=O)CN3C=C(c4ccnc(C(F)(F)F)c4)NC3)nc2)CC1. The van der Waals surface area contributed by atoms with Gasteiger partial charge in [0, 0.05) is 44.1 Å². The van der Waals surface area contributed by atoms with Gasteiger partial charge in [0.2, 0.25) is 5.91 Å². The maximum Gasteiger partial charge on any atom is 0.433 e. The molecule has 2 aromatic rings. The van der Waals surface area contributed by atoms with Gasteiger partial charge in [0.15, 0.2) is 0 Å². The fourth-order valence-electron chi connectivity index (χ4n) is 3.57. The van der Waals surface area contributed by atoms with Gasteiger partial charge in [0.05, 0.1) is 30.8 Å². The first-order valence-corrected chi connectivity index (χ1v) is 10.2. The van der Waals surface area contributed by atoms with Crippen molar-refractivity contribution < 1.29 is 18.0 Å². The zero-order valence-corrected chi connectivity index (χ0v) is 17.6. The summed E-state index contributed by atoms with van der Waals surface area (Å²) in [6.07, 6.45) is -0.0217. The van der Waals surface area contributed by atoms with Crippen LogP contribution in [0.1, 0.15) is 11.3 Å². The van der Waals surface area contributed by atoms with E-state index in [2.05, 4.69) is 37.4 Å². The highest BCUT2D eigenvalue weighted by atomic mass is 19.4. The first-order chi connectivity index (χ1) is 15.3. The molecule has 0 saturated carbocycles. The minimum atomic E-state index is -4.51. The van der Waals surface area contributed by atoms with Gasteiger partial charge in [-0.1, -0.05) is 0 Å². The summed E-state index contributed by atoms with van der Waals surface area (Å²) in [7, 11) is 2.10. The molecule has 0 aromatic carbocycles. The van der Waals surface area contributed by atoms with Crippen molar-refractivity contribution in [1.82, 2.24) is 25.1 Å². The number of nitrogens with zero attached hydrogens (tertiary/aromatic N) is 5. The molecule has 0 radical (unpaired) electrons. The van der Waals surface area contributed by atoms with Gasteiger partial charge in [0.1, 0.15) is 11.5 Å². The normalized spacial score (nSPS) is 17.2. The number of hydrogen-bond donors (Lipinski definition) is 2. The summed E-state index contributed by atoms with van der Waals surface area (Å²) >= 11 is 0. The van der Waals surface area contributed by atoms with Crippen molar-refractivity contribution in [2.24, 2.45) is 0 Å². The van der Waals surface area contributed by atoms with E-state index in [0.717, 1.165) is 44.1 Å². The number of halogens is 3. The predicted octanol–water partition coefficient (Wildman–Crippen LogP) is 2.05. The van der Waals surface area contributed by atoms with E-state index >= 15 is 0 Å². The molecule has 4 heterocycles. The molecule has 4 rings (SSSR count). The van der Waals surface area contributed by atoms with Crippen LogP contribution >= 0.6 is 0 Å². The summed E-state index contributed by atoms with van der Waals surface area (Å²) < 4.78 is 38.6. The molecule has 0 spiro atoms. The topological polar surface area (TPSA) is 76.6 Å². The molecule has 2 aliphatic rings. The van der Waals surface area contributed by atoms with Crippen LogP contribution in [-0.2, 0) is 11.0 Å². The lowest BCUT2D eigenvalue weighted by Gasteiger charge is -2.33. The number of carbonyl (C=O) groups is 1. The number of amides is 1. The Labute approximate surface area is 183 Å². The highest BCUT2D eigenvalue weighted by Crippen LogP contribution is 2.29. The fraction of sp³-hybridized carbons (Fsp3) is 0.381. The van der Waals surface area contributed by atoms with Crippen LogP contribution in [0.25, 0.3) is 5.70 Å². The Kier molecular flexibility index (Phi) is 6.17. The van der Waals surface area contributed by atoms with Crippen molar-refractivity contribution in [1.29, 1.82) is 0 Å². The summed E-state index contributed by atoms with van der Waals surface area (Å²) in [5.74, 6) is 0.183. The molecule has 1 fully saturated rings. The number of anilines is 2. The summed E-state index contributed by atoms with van der Waals surface area (Å²) in [5, 5.41) is 5.76. The van der Waals surface area contributed by atoms with Crippen molar-refractivity contribution >= 4 is 23.1 Å². The molecule has 1 saturated heterocycles. The molecule has 0 unspecified atom stereocenters. The molecule has 170 valence electrons. The predicted molar refractivity (Wildman–Crippen MR) is 115 cm³/mol. The average molecular weight is 447 g/mol. The smallest absolute Gasteiger partial charge is 0.368 e. The van der Waals surface area contributed by atoms with Gasteiger partial charge >= 0.3 is 6.18 Å². The summed E-state index contributed by atoms with van der Waals surface area (Å²) in [4.78, 5) is 26.3. The molecule has 2 N–H and O–H groups in total. The third-order valence-electron chi connectivity index (χ3n) is 5.38. The first kappa shape index (κ1) is 21.9. The van der Waals surface area contributed by atoms with E-state index in [4.69, 9.17) is 0 Å². The number of hydrogen-bond acceptors (Lipinski definition) is 7. The third kappa shape index (κ3) is 5.28. The van der Waals surface area contributed by atoms with Crippen LogP contribution in [-0.4, -0.2) is 72.1 Å². The summed E-state index contributed by atoms with van der Waals surface area (Å²) in [5.41, 5.74) is 0.916. The van der Waals surface area contributed by atoms with E-state index in [1.54, 1.807) is 23.4 Å². The van der Waals surface area contributed by atoms with Gasteiger partial charge in [-0.2, -0.15) is 13.2 Å². The Morgan fingerprint density at radius 3 is 2.62 bits per heavy atom. The van der Waals surface area contributed by atoms with E-state index < -0.39 is 11.9 Å². The molecule has 32 heavy (non-hydrogen) atoms. The highest BCUT2D eigenvalue weighted by Gasteiger charge is 2.33. The Morgan fingerprint density at radius 1 is 1.16 bits per heavy atom. The second-order valence-corrected chi connectivity index (χ2v) is 7.79. The van der Waals surface area contributed by atoms with Crippen molar-refractivity contribution in [3.05, 3.63) is 54.1 Å². The first-order valence-electron chi connectivity index (χ1n) is 10.2. The number of likely N-dealkylation sites (N-methyl/N-ethyl adjacent to an activating group) is 1. The lowest BCUT2D eigenvalue weighted by Crippen LogP contribution is -2.44. The van der Waals surface area contributed by atoms with Crippen molar-refractivity contribution in [3.8, 4) is 0 Å². The number of piperazine rings is 1. The maximum atomic E-state index is 12.9. The molecular formula is C21H24F3N7O. The van der Waals surface area contributed by atoms with Crippen LogP contribution in [0.15, 0.2) is 42.9 Å². The number of carbonyl (C=O) groups excluding carboxylic acids is 1. The number of nitrogens with one attached hydrogen (secondary N) is 2. The quantitative estimate of drug-likeness (QED) is 0.727. The van der Waals surface area contributed by atoms with Gasteiger partial charge < -0.3 is 25.3 Å². The second-order valence-electron chi connectivity index (χ2n) is 7.79. The minimum Gasteiger partial charge on any atom is -0.368 e. The van der Waals surface area contributed by atoms with Crippen LogP contribution in [0.5, 0.6) is 0 Å². The summed E-state index contributed by atoms with van der Waals surface area (Å²) in [6.45, 7) is 4.20. The number of pyridine rings is 2. The fourth-order valence-corrected chi connectivity index (χ4v) is 3.57. The van der Waals surface area contributed by atoms with E-state index in [1.807, 2.05) is 6.07 Å². The molecule has 11 heteroatoms. The van der Waals surface area contributed by atoms with Gasteiger partial charge in [-0.05, 0) is 31.3 Å². The van der Waals surface area contributed by atoms with Gasteiger partial charge in [-0.15, -0.1) is 0 Å². The zero-order valence-electron chi connectivity index (χ0n) is 17.6. The standard InChI is InChI=1S/C21H24F3N7O/c1-29-6-8-31(9-7-29)16-2-3-19(26-11-16)28-20(32)13-30-12-17(27-14-30)15-4-5-25-18(10-15)21(22,23)24/h2-5,10-12,27H,6-9,13-14H2,1H3,(H,26,28,32). The van der Waals surface area contributed by atoms with E-state index in [9.17, 15) is 18.0 Å². The lowest BCUT2D eigenvalue weighted by atomic mass is 10.2. The zero-order chi connectivity index (χ0) is 22.7. The van der Waals surface area contributed by atoms with Crippen molar-refractivity contribution in [3.63, 3.8) is 0 Å². The minimum absolute atomic E-state index is 0.0373. The third-order valence-corrected chi connectivity index (χ3v) is 5.38. The molecule has 0 aliphatic carbocycles. The van der Waals surface area contributed by atoms with Crippen LogP contribution in [0, 0.1) is 0 Å². The summed E-state index contributed by atoms with van der Waals surface area (Å²) in [6, 6.07) is 6.17. The molecule has 0 atom stereocenters. The molecule has 2 aliphatic heterocycles. The molecule has 1 amide bonds. The largest absolute Gasteiger partial charge is 0.433 e. The van der Waals surface area contributed by atoms with Crippen LogP contribution < -0.4 is 15.5 Å². The van der Waals surface area contributed by atoms with Gasteiger partial charge in [-0.3, -0.25) is 9.78 Å². The van der Waals surface area contributed by atoms with Crippen LogP contribution in [0.4, 0.5) is 24.7 Å². The second kappa shape index (κ2) is 9.03. The van der Waals surface area contributed by atoms with E-state index in [0.29, 0.717) is 23.7 Å². The van der Waals surface area contributed by atoms with Crippen LogP contribution in [0.2, 0.25) is 0 Å². The molecule has 2 aromatic heterocycles. The Hall–Kier alpha value is -3.34. The van der Waals surface area contributed by atoms with Crippen molar-refractivity contribution in [2.45, 2.75) is 6.18 Å². The van der Waals surface area contributed by atoms with Gasteiger partial charge in [0.25, 0.3) is 0 Å².